The molecule has 0 rings (SSSR count). The van der Waals surface area contributed by atoms with E-state index in [-0.39, 0.29) is 12.5 Å². The largest absolute Gasteiger partial charge is 0.464 e. The Kier molecular flexibility index (Phi) is 9.10. The molecule has 7 heteroatoms. The highest BCUT2D eigenvalue weighted by atomic mass is 16.6. The van der Waals surface area contributed by atoms with Crippen LogP contribution in [0.5, 0.6) is 0 Å². The van der Waals surface area contributed by atoms with Gasteiger partial charge in [-0.25, -0.2) is 9.59 Å². The molecule has 0 unspecified atom stereocenters. The molecule has 0 radical (unpaired) electrons. The molecule has 0 saturated heterocycles. The Morgan fingerprint density at radius 2 is 1.88 bits per heavy atom. The van der Waals surface area contributed by atoms with Crippen LogP contribution in [0.1, 0.15) is 47.5 Å². The summed E-state index contributed by atoms with van der Waals surface area (Å²) in [6.45, 7) is 12.3. The Bertz CT molecular complexity index is 456. The van der Waals surface area contributed by atoms with Crippen molar-refractivity contribution in [3.05, 3.63) is 12.7 Å². The third-order valence-corrected chi connectivity index (χ3v) is 3.20. The van der Waals surface area contributed by atoms with Gasteiger partial charge in [0.25, 0.3) is 0 Å². The Balaban J connectivity index is 5.01. The third kappa shape index (κ3) is 7.99. The molecule has 2 amide bonds. The molecule has 1 N–H and O–H groups in total. The van der Waals surface area contributed by atoms with Crippen LogP contribution < -0.4 is 5.32 Å². The minimum absolute atomic E-state index is 0.237. The molecule has 0 aliphatic carbocycles. The molecule has 0 saturated carbocycles. The molecule has 7 nitrogen and oxygen atoms in total. The van der Waals surface area contributed by atoms with Crippen molar-refractivity contribution in [2.75, 3.05) is 13.7 Å². The molecular formula is C17H30N2O5. The summed E-state index contributed by atoms with van der Waals surface area (Å²) in [5, 5.41) is 2.56. The quantitative estimate of drug-likeness (QED) is 0.540. The van der Waals surface area contributed by atoms with Gasteiger partial charge in [0.1, 0.15) is 17.7 Å². The topological polar surface area (TPSA) is 84.9 Å². The van der Waals surface area contributed by atoms with Crippen LogP contribution in [0.4, 0.5) is 4.79 Å². The highest BCUT2D eigenvalue weighted by molar-refractivity contribution is 5.89. The van der Waals surface area contributed by atoms with Gasteiger partial charge in [0, 0.05) is 7.05 Å². The number of alkyl carbamates (subject to hydrolysis) is 1. The maximum absolute atomic E-state index is 12.6. The standard InChI is InChI=1S/C17H30N2O5/c1-8-10-11-13(18-16(22)24-17(4,5)6)14(20)19(7)12(3)15(21)23-9-2/h8,12-13H,1,9-11H2,2-7H3,(H,18,22)/t12-,13-/m0/s1. The molecule has 0 aromatic heterocycles. The zero-order valence-electron chi connectivity index (χ0n) is 15.5. The van der Waals surface area contributed by atoms with E-state index in [9.17, 15) is 14.4 Å². The highest BCUT2D eigenvalue weighted by Crippen LogP contribution is 2.10. The first-order chi connectivity index (χ1) is 11.0. The smallest absolute Gasteiger partial charge is 0.408 e. The van der Waals surface area contributed by atoms with Gasteiger partial charge in [-0.3, -0.25) is 4.79 Å². The van der Waals surface area contributed by atoms with Gasteiger partial charge in [-0.15, -0.1) is 6.58 Å². The number of ether oxygens (including phenoxy) is 2. The number of nitrogens with one attached hydrogen (secondary N) is 1. The Labute approximate surface area is 144 Å². The summed E-state index contributed by atoms with van der Waals surface area (Å²) in [5.74, 6) is -0.878. The number of likely N-dealkylation sites (N-methyl/N-ethyl adjacent to an activating group) is 1. The zero-order chi connectivity index (χ0) is 18.9. The molecule has 0 aliphatic heterocycles. The number of amides is 2. The number of rotatable bonds is 8. The van der Waals surface area contributed by atoms with E-state index < -0.39 is 29.7 Å². The zero-order valence-corrected chi connectivity index (χ0v) is 15.5. The minimum atomic E-state index is -0.806. The van der Waals surface area contributed by atoms with Gasteiger partial charge in [-0.05, 0) is 47.5 Å². The van der Waals surface area contributed by atoms with E-state index in [1.54, 1.807) is 40.7 Å². The van der Waals surface area contributed by atoms with E-state index in [2.05, 4.69) is 11.9 Å². The normalized spacial score (nSPS) is 13.4. The van der Waals surface area contributed by atoms with Crippen molar-refractivity contribution in [3.8, 4) is 0 Å². The van der Waals surface area contributed by atoms with Crippen LogP contribution in [0, 0.1) is 0 Å². The number of carbonyl (C=O) groups is 3. The highest BCUT2D eigenvalue weighted by Gasteiger charge is 2.30. The molecule has 0 bridgehead atoms. The first kappa shape index (κ1) is 21.9. The number of esters is 1. The van der Waals surface area contributed by atoms with E-state index in [1.807, 2.05) is 0 Å². The maximum atomic E-state index is 12.6. The lowest BCUT2D eigenvalue weighted by atomic mass is 10.1. The third-order valence-electron chi connectivity index (χ3n) is 3.20. The SMILES string of the molecule is C=CCC[C@H](NC(=O)OC(C)(C)C)C(=O)N(C)[C@@H](C)C(=O)OCC. The summed E-state index contributed by atoms with van der Waals surface area (Å²) in [5.41, 5.74) is -0.666. The van der Waals surface area contributed by atoms with Crippen LogP contribution in [0.25, 0.3) is 0 Å². The number of hydrogen-bond donors (Lipinski definition) is 1. The predicted octanol–water partition coefficient (Wildman–Crippen LogP) is 2.26. The molecule has 0 aliphatic rings. The summed E-state index contributed by atoms with van der Waals surface area (Å²) in [6, 6.07) is -1.55. The molecule has 2 atom stereocenters. The fourth-order valence-corrected chi connectivity index (χ4v) is 1.85. The van der Waals surface area contributed by atoms with Crippen molar-refractivity contribution in [2.24, 2.45) is 0 Å². The number of hydrogen-bond acceptors (Lipinski definition) is 5. The molecule has 0 aromatic rings. The molecule has 138 valence electrons. The lowest BCUT2D eigenvalue weighted by molar-refractivity contribution is -0.153. The number of allylic oxidation sites excluding steroid dienone is 1. The minimum Gasteiger partial charge on any atom is -0.464 e. The Hall–Kier alpha value is -2.05. The Morgan fingerprint density at radius 1 is 1.29 bits per heavy atom. The summed E-state index contributed by atoms with van der Waals surface area (Å²) >= 11 is 0. The predicted molar refractivity (Wildman–Crippen MR) is 91.5 cm³/mol. The summed E-state index contributed by atoms with van der Waals surface area (Å²) < 4.78 is 10.1. The number of nitrogens with zero attached hydrogens (tertiary/aromatic N) is 1. The van der Waals surface area contributed by atoms with Gasteiger partial charge in [0.15, 0.2) is 0 Å². The van der Waals surface area contributed by atoms with Crippen molar-refractivity contribution < 1.29 is 23.9 Å². The van der Waals surface area contributed by atoms with Crippen molar-refractivity contribution in [1.29, 1.82) is 0 Å². The van der Waals surface area contributed by atoms with E-state index >= 15 is 0 Å². The van der Waals surface area contributed by atoms with Crippen molar-refractivity contribution in [3.63, 3.8) is 0 Å². The Morgan fingerprint density at radius 3 is 2.33 bits per heavy atom. The molecular weight excluding hydrogens is 312 g/mol. The van der Waals surface area contributed by atoms with Crippen LogP contribution in [-0.2, 0) is 19.1 Å². The van der Waals surface area contributed by atoms with Gasteiger partial charge in [0.05, 0.1) is 6.61 Å². The van der Waals surface area contributed by atoms with E-state index in [0.29, 0.717) is 12.8 Å². The van der Waals surface area contributed by atoms with Crippen LogP contribution in [0.15, 0.2) is 12.7 Å². The van der Waals surface area contributed by atoms with Crippen LogP contribution in [0.3, 0.4) is 0 Å². The number of carbonyl (C=O) groups excluding carboxylic acids is 3. The molecule has 0 spiro atoms. The second kappa shape index (κ2) is 9.95. The van der Waals surface area contributed by atoms with E-state index in [4.69, 9.17) is 9.47 Å². The average Bonchev–Trinajstić information content (AvgIpc) is 2.47. The van der Waals surface area contributed by atoms with Crippen LogP contribution in [-0.4, -0.2) is 54.2 Å². The van der Waals surface area contributed by atoms with Crippen molar-refractivity contribution >= 4 is 18.0 Å². The summed E-state index contributed by atoms with van der Waals surface area (Å²) in [7, 11) is 1.50. The second-order valence-electron chi connectivity index (χ2n) is 6.44. The van der Waals surface area contributed by atoms with Gasteiger partial charge >= 0.3 is 12.1 Å². The second-order valence-corrected chi connectivity index (χ2v) is 6.44. The summed E-state index contributed by atoms with van der Waals surface area (Å²) in [4.78, 5) is 37.6. The van der Waals surface area contributed by atoms with E-state index in [1.165, 1.54) is 11.9 Å². The van der Waals surface area contributed by atoms with Gasteiger partial charge in [-0.2, -0.15) is 0 Å². The van der Waals surface area contributed by atoms with Gasteiger partial charge in [-0.1, -0.05) is 6.08 Å². The molecule has 24 heavy (non-hydrogen) atoms. The van der Waals surface area contributed by atoms with Gasteiger partial charge in [0.2, 0.25) is 5.91 Å². The first-order valence-electron chi connectivity index (χ1n) is 8.07. The molecule has 0 fully saturated rings. The van der Waals surface area contributed by atoms with Crippen molar-refractivity contribution in [1.82, 2.24) is 10.2 Å². The van der Waals surface area contributed by atoms with E-state index in [0.717, 1.165) is 0 Å². The lowest BCUT2D eigenvalue weighted by Gasteiger charge is -2.29. The van der Waals surface area contributed by atoms with Crippen LogP contribution in [0.2, 0.25) is 0 Å². The maximum Gasteiger partial charge on any atom is 0.408 e. The fraction of sp³-hybridized carbons (Fsp3) is 0.706. The van der Waals surface area contributed by atoms with Crippen molar-refractivity contribution in [2.45, 2.75) is 65.1 Å². The first-order valence-corrected chi connectivity index (χ1v) is 8.07. The lowest BCUT2D eigenvalue weighted by Crippen LogP contribution is -2.52. The average molecular weight is 342 g/mol. The van der Waals surface area contributed by atoms with Crippen LogP contribution >= 0.6 is 0 Å². The monoisotopic (exact) mass is 342 g/mol. The molecule has 0 heterocycles. The molecule has 0 aromatic carbocycles. The van der Waals surface area contributed by atoms with Gasteiger partial charge < -0.3 is 19.7 Å². The fourth-order valence-electron chi connectivity index (χ4n) is 1.85. The summed E-state index contributed by atoms with van der Waals surface area (Å²) in [6.07, 6.45) is 1.88.